The first kappa shape index (κ1) is 52.0. The topological polar surface area (TPSA) is 114 Å². The number of aliphatic hydroxyl groups is 1. The number of hydrogen-bond donors (Lipinski definition) is 1. The molecular weight excluding hydrogens is 701 g/mol. The minimum atomic E-state index is -4.54. The number of phosphoric ester groups is 1. The third-order valence-electron chi connectivity index (χ3n) is 8.75. The minimum Gasteiger partial charge on any atom is -0.756 e. The van der Waals surface area contributed by atoms with Crippen LogP contribution >= 0.6 is 7.82 Å². The number of carbonyl (C=O) groups excluding carboxylic acids is 1. The number of allylic oxidation sites excluding steroid dienone is 8. The van der Waals surface area contributed by atoms with Crippen LogP contribution in [0.15, 0.2) is 60.9 Å². The summed E-state index contributed by atoms with van der Waals surface area (Å²) < 4.78 is 34.2. The van der Waals surface area contributed by atoms with Gasteiger partial charge in [0, 0.05) is 6.42 Å². The van der Waals surface area contributed by atoms with Crippen molar-refractivity contribution in [3.63, 3.8) is 0 Å². The highest BCUT2D eigenvalue weighted by Gasteiger charge is 2.19. The van der Waals surface area contributed by atoms with E-state index < -0.39 is 20.0 Å². The Morgan fingerprint density at radius 1 is 0.722 bits per heavy atom. The molecule has 0 aliphatic rings. The maximum Gasteiger partial charge on any atom is 0.305 e. The van der Waals surface area contributed by atoms with Crippen molar-refractivity contribution in [2.45, 2.75) is 167 Å². The predicted molar refractivity (Wildman–Crippen MR) is 223 cm³/mol. The van der Waals surface area contributed by atoms with Gasteiger partial charge in [-0.2, -0.15) is 0 Å². The van der Waals surface area contributed by atoms with E-state index in [0.29, 0.717) is 23.9 Å². The van der Waals surface area contributed by atoms with E-state index in [0.717, 1.165) is 64.2 Å². The van der Waals surface area contributed by atoms with E-state index in [1.54, 1.807) is 6.26 Å². The molecule has 3 atom stereocenters. The number of ether oxygens (including phenoxy) is 2. The molecule has 0 heterocycles. The standard InChI is InChI=1S/C44H80NO8P/c1-6-8-10-12-14-15-16-17-18-19-20-21-22-24-29-33-38-50-43(41-53-54(48,49)52-39-37-45(3,4)5)40-51-44(47)36-32-28-25-27-31-35-42(46)34-30-26-23-13-11-9-7-2/h9,11,17-18,23,26,30,33-34,38,42-43,46H,6-8,10,12-16,19-22,24-25,27-29,31-32,35-37,39-41H2,1-5H3/b11-9+,18-17-,26-23+,34-30+,38-33+/t42?,43-/m1/s1. The van der Waals surface area contributed by atoms with E-state index in [9.17, 15) is 19.4 Å². The van der Waals surface area contributed by atoms with Crippen molar-refractivity contribution < 1.29 is 42.4 Å². The van der Waals surface area contributed by atoms with Gasteiger partial charge in [-0.3, -0.25) is 9.36 Å². The molecule has 0 fully saturated rings. The third-order valence-corrected chi connectivity index (χ3v) is 9.71. The van der Waals surface area contributed by atoms with Crippen LogP contribution in [0.4, 0.5) is 0 Å². The van der Waals surface area contributed by atoms with E-state index in [2.05, 4.69) is 44.2 Å². The largest absolute Gasteiger partial charge is 0.756 e. The molecule has 0 amide bonds. The van der Waals surface area contributed by atoms with Gasteiger partial charge in [0.25, 0.3) is 7.82 Å². The Morgan fingerprint density at radius 2 is 1.33 bits per heavy atom. The summed E-state index contributed by atoms with van der Waals surface area (Å²) in [5.41, 5.74) is 0. The highest BCUT2D eigenvalue weighted by Crippen LogP contribution is 2.38. The Labute approximate surface area is 331 Å². The van der Waals surface area contributed by atoms with Gasteiger partial charge in [-0.15, -0.1) is 0 Å². The lowest BCUT2D eigenvalue weighted by Crippen LogP contribution is -2.37. The lowest BCUT2D eigenvalue weighted by molar-refractivity contribution is -0.870. The van der Waals surface area contributed by atoms with Crippen LogP contribution in [0.2, 0.25) is 0 Å². The number of hydrogen-bond acceptors (Lipinski definition) is 8. The summed E-state index contributed by atoms with van der Waals surface area (Å²) in [4.78, 5) is 24.8. The van der Waals surface area contributed by atoms with Crippen LogP contribution in [0.3, 0.4) is 0 Å². The second kappa shape index (κ2) is 36.6. The number of esters is 1. The average Bonchev–Trinajstić information content (AvgIpc) is 3.12. The van der Waals surface area contributed by atoms with Crippen molar-refractivity contribution in [2.75, 3.05) is 47.5 Å². The molecule has 0 rings (SSSR count). The Bertz CT molecular complexity index is 1070. The van der Waals surface area contributed by atoms with Crippen molar-refractivity contribution in [2.24, 2.45) is 0 Å². The highest BCUT2D eigenvalue weighted by molar-refractivity contribution is 7.45. The Kier molecular flexibility index (Phi) is 35.3. The van der Waals surface area contributed by atoms with Gasteiger partial charge in [-0.25, -0.2) is 0 Å². The summed E-state index contributed by atoms with van der Waals surface area (Å²) >= 11 is 0. The smallest absolute Gasteiger partial charge is 0.305 e. The summed E-state index contributed by atoms with van der Waals surface area (Å²) in [5.74, 6) is -0.354. The van der Waals surface area contributed by atoms with Crippen molar-refractivity contribution in [3.8, 4) is 0 Å². The van der Waals surface area contributed by atoms with E-state index in [1.165, 1.54) is 57.8 Å². The highest BCUT2D eigenvalue weighted by atomic mass is 31.2. The van der Waals surface area contributed by atoms with Crippen molar-refractivity contribution in [1.82, 2.24) is 0 Å². The lowest BCUT2D eigenvalue weighted by atomic mass is 10.1. The predicted octanol–water partition coefficient (Wildman–Crippen LogP) is 10.8. The van der Waals surface area contributed by atoms with Crippen LogP contribution in [0, 0.1) is 0 Å². The molecule has 0 aliphatic carbocycles. The SMILES string of the molecule is CC/C=C/C/C=C/C=C/C(O)CCCCCCCC(=O)OC[C@H](COP(=O)([O-])OCC[N+](C)(C)C)O/C=C/CCCCCC/C=C\CCCCCCCC. The number of nitrogens with zero attached hydrogens (tertiary/aromatic N) is 1. The number of rotatable bonds is 38. The fourth-order valence-electron chi connectivity index (χ4n) is 5.35. The molecule has 9 nitrogen and oxygen atoms in total. The number of likely N-dealkylation sites (N-methyl/N-ethyl adjacent to an activating group) is 1. The summed E-state index contributed by atoms with van der Waals surface area (Å²) in [5, 5.41) is 10.1. The first-order valence-electron chi connectivity index (χ1n) is 21.2. The molecule has 0 aromatic carbocycles. The fraction of sp³-hybridized carbons (Fsp3) is 0.750. The van der Waals surface area contributed by atoms with Gasteiger partial charge in [0.1, 0.15) is 19.8 Å². The Hall–Kier alpha value is -2.00. The normalized spacial score (nSPS) is 14.9. The molecule has 1 N–H and O–H groups in total. The second-order valence-corrected chi connectivity index (χ2v) is 16.6. The van der Waals surface area contributed by atoms with E-state index in [4.69, 9.17) is 18.5 Å². The number of carbonyl (C=O) groups is 1. The minimum absolute atomic E-state index is 0.00677. The molecule has 0 aromatic heterocycles. The monoisotopic (exact) mass is 782 g/mol. The first-order valence-corrected chi connectivity index (χ1v) is 22.6. The van der Waals surface area contributed by atoms with Gasteiger partial charge in [0.2, 0.25) is 0 Å². The van der Waals surface area contributed by atoms with Crippen LogP contribution in [0.5, 0.6) is 0 Å². The number of quaternary nitrogens is 1. The summed E-state index contributed by atoms with van der Waals surface area (Å²) in [7, 11) is 1.29. The molecule has 10 heteroatoms. The van der Waals surface area contributed by atoms with E-state index >= 15 is 0 Å². The molecule has 0 aromatic rings. The second-order valence-electron chi connectivity index (χ2n) is 15.2. The molecule has 0 saturated carbocycles. The van der Waals surface area contributed by atoms with Crippen LogP contribution in [-0.2, 0) is 27.9 Å². The van der Waals surface area contributed by atoms with Crippen LogP contribution in [-0.4, -0.2) is 75.3 Å². The Morgan fingerprint density at radius 3 is 1.98 bits per heavy atom. The molecule has 54 heavy (non-hydrogen) atoms. The van der Waals surface area contributed by atoms with E-state index in [1.807, 2.05) is 45.4 Å². The van der Waals surface area contributed by atoms with Crippen LogP contribution < -0.4 is 4.89 Å². The molecule has 0 radical (unpaired) electrons. The van der Waals surface area contributed by atoms with Gasteiger partial charge in [-0.05, 0) is 70.3 Å². The molecule has 0 aliphatic heterocycles. The third kappa shape index (κ3) is 39.7. The summed E-state index contributed by atoms with van der Waals surface area (Å²) in [6.07, 6.45) is 42.1. The van der Waals surface area contributed by atoms with E-state index in [-0.39, 0.29) is 32.2 Å². The van der Waals surface area contributed by atoms with Gasteiger partial charge in [0.15, 0.2) is 6.10 Å². The first-order chi connectivity index (χ1) is 26.0. The van der Waals surface area contributed by atoms with Crippen molar-refractivity contribution >= 4 is 13.8 Å². The molecule has 314 valence electrons. The molecule has 2 unspecified atom stereocenters. The zero-order valence-electron chi connectivity index (χ0n) is 35.0. The number of aliphatic hydroxyl groups excluding tert-OH is 1. The van der Waals surface area contributed by atoms with Crippen molar-refractivity contribution in [3.05, 3.63) is 60.9 Å². The molecular formula is C44H80NO8P. The summed E-state index contributed by atoms with van der Waals surface area (Å²) in [6, 6.07) is 0. The molecule has 0 bridgehead atoms. The number of phosphoric acid groups is 1. The van der Waals surface area contributed by atoms with Crippen molar-refractivity contribution in [1.29, 1.82) is 0 Å². The molecule has 0 saturated heterocycles. The van der Waals surface area contributed by atoms with Crippen LogP contribution in [0.1, 0.15) is 155 Å². The number of unbranched alkanes of at least 4 members (excludes halogenated alkanes) is 15. The maximum atomic E-state index is 12.5. The van der Waals surface area contributed by atoms with Gasteiger partial charge < -0.3 is 33.0 Å². The van der Waals surface area contributed by atoms with Gasteiger partial charge in [0.05, 0.1) is 40.1 Å². The van der Waals surface area contributed by atoms with Gasteiger partial charge >= 0.3 is 5.97 Å². The lowest BCUT2D eigenvalue weighted by Gasteiger charge is -2.28. The summed E-state index contributed by atoms with van der Waals surface area (Å²) in [6.45, 7) is 4.43. The maximum absolute atomic E-state index is 12.5. The quantitative estimate of drug-likeness (QED) is 0.0125. The zero-order chi connectivity index (χ0) is 40.0. The molecule has 0 spiro atoms. The van der Waals surface area contributed by atoms with Gasteiger partial charge in [-0.1, -0.05) is 133 Å². The zero-order valence-corrected chi connectivity index (χ0v) is 35.9. The average molecular weight is 782 g/mol. The fourth-order valence-corrected chi connectivity index (χ4v) is 6.08. The van der Waals surface area contributed by atoms with Crippen LogP contribution in [0.25, 0.3) is 0 Å². The Balaban J connectivity index is 4.42.